The molecule has 1 unspecified atom stereocenters. The van der Waals surface area contributed by atoms with E-state index in [1.165, 1.54) is 6.42 Å². The third kappa shape index (κ3) is 3.02. The van der Waals surface area contributed by atoms with Gasteiger partial charge in [-0.25, -0.2) is 0 Å². The van der Waals surface area contributed by atoms with Gasteiger partial charge in [-0.15, -0.1) is 6.42 Å². The number of aliphatic hydroxyl groups is 1. The molecule has 0 aromatic carbocycles. The SMILES string of the molecule is C#CC1(OCC(C)O)CCCCC1. The first-order chi connectivity index (χ1) is 6.18. The molecule has 74 valence electrons. The van der Waals surface area contributed by atoms with E-state index in [-0.39, 0.29) is 5.60 Å². The summed E-state index contributed by atoms with van der Waals surface area (Å²) in [4.78, 5) is 0. The van der Waals surface area contributed by atoms with E-state index in [1.807, 2.05) is 0 Å². The van der Waals surface area contributed by atoms with Crippen LogP contribution in [0, 0.1) is 12.3 Å². The van der Waals surface area contributed by atoms with Crippen LogP contribution in [0.25, 0.3) is 0 Å². The smallest absolute Gasteiger partial charge is 0.128 e. The van der Waals surface area contributed by atoms with Crippen LogP contribution in [0.3, 0.4) is 0 Å². The van der Waals surface area contributed by atoms with Crippen molar-refractivity contribution in [1.82, 2.24) is 0 Å². The first-order valence-electron chi connectivity index (χ1n) is 4.98. The molecule has 0 bridgehead atoms. The van der Waals surface area contributed by atoms with Gasteiger partial charge in [0.05, 0.1) is 12.7 Å². The molecule has 0 spiro atoms. The summed E-state index contributed by atoms with van der Waals surface area (Å²) in [5.74, 6) is 2.74. The monoisotopic (exact) mass is 182 g/mol. The van der Waals surface area contributed by atoms with E-state index in [0.717, 1.165) is 25.7 Å². The molecule has 0 saturated heterocycles. The lowest BCUT2D eigenvalue weighted by molar-refractivity contribution is -0.0595. The summed E-state index contributed by atoms with van der Waals surface area (Å²) in [6, 6.07) is 0. The molecule has 1 aliphatic rings. The van der Waals surface area contributed by atoms with Gasteiger partial charge in [-0.2, -0.15) is 0 Å². The molecule has 1 saturated carbocycles. The van der Waals surface area contributed by atoms with Gasteiger partial charge in [-0.05, 0) is 32.6 Å². The summed E-state index contributed by atoms with van der Waals surface area (Å²) < 4.78 is 5.60. The Morgan fingerprint density at radius 1 is 1.46 bits per heavy atom. The normalized spacial score (nSPS) is 23.5. The maximum absolute atomic E-state index is 9.10. The largest absolute Gasteiger partial charge is 0.391 e. The van der Waals surface area contributed by atoms with E-state index in [1.54, 1.807) is 6.92 Å². The molecule has 1 rings (SSSR count). The van der Waals surface area contributed by atoms with Crippen LogP contribution in [0.15, 0.2) is 0 Å². The van der Waals surface area contributed by atoms with Crippen LogP contribution in [0.2, 0.25) is 0 Å². The standard InChI is InChI=1S/C11H18O2/c1-3-11(13-9-10(2)12)7-5-4-6-8-11/h1,10,12H,4-9H2,2H3. The second kappa shape index (κ2) is 4.64. The lowest BCUT2D eigenvalue weighted by atomic mass is 9.85. The van der Waals surface area contributed by atoms with Gasteiger partial charge in [0.15, 0.2) is 0 Å². The quantitative estimate of drug-likeness (QED) is 0.673. The van der Waals surface area contributed by atoms with E-state index < -0.39 is 6.10 Å². The van der Waals surface area contributed by atoms with Crippen molar-refractivity contribution in [3.8, 4) is 12.3 Å². The predicted octanol–water partition coefficient (Wildman–Crippen LogP) is 1.72. The first-order valence-corrected chi connectivity index (χ1v) is 4.98. The summed E-state index contributed by atoms with van der Waals surface area (Å²) in [7, 11) is 0. The molecular weight excluding hydrogens is 164 g/mol. The highest BCUT2D eigenvalue weighted by Crippen LogP contribution is 2.30. The fraction of sp³-hybridized carbons (Fsp3) is 0.818. The molecule has 1 atom stereocenters. The third-order valence-electron chi connectivity index (χ3n) is 2.53. The zero-order chi connectivity index (χ0) is 9.73. The van der Waals surface area contributed by atoms with Crippen LogP contribution >= 0.6 is 0 Å². The molecule has 2 nitrogen and oxygen atoms in total. The van der Waals surface area contributed by atoms with Crippen molar-refractivity contribution in [2.75, 3.05) is 6.61 Å². The van der Waals surface area contributed by atoms with Crippen LogP contribution in [-0.2, 0) is 4.74 Å². The van der Waals surface area contributed by atoms with Crippen LogP contribution in [0.1, 0.15) is 39.0 Å². The Bertz CT molecular complexity index is 185. The average molecular weight is 182 g/mol. The topological polar surface area (TPSA) is 29.5 Å². The Morgan fingerprint density at radius 2 is 2.08 bits per heavy atom. The van der Waals surface area contributed by atoms with Crippen molar-refractivity contribution in [2.24, 2.45) is 0 Å². The highest BCUT2D eigenvalue weighted by atomic mass is 16.5. The van der Waals surface area contributed by atoms with Crippen molar-refractivity contribution in [3.05, 3.63) is 0 Å². The van der Waals surface area contributed by atoms with Gasteiger partial charge >= 0.3 is 0 Å². The number of aliphatic hydroxyl groups excluding tert-OH is 1. The number of rotatable bonds is 3. The summed E-state index contributed by atoms with van der Waals surface area (Å²) >= 11 is 0. The molecule has 0 radical (unpaired) electrons. The fourth-order valence-corrected chi connectivity index (χ4v) is 1.73. The summed E-state index contributed by atoms with van der Waals surface area (Å²) in [5.41, 5.74) is -0.380. The van der Waals surface area contributed by atoms with Gasteiger partial charge in [0.25, 0.3) is 0 Å². The van der Waals surface area contributed by atoms with E-state index in [2.05, 4.69) is 5.92 Å². The minimum atomic E-state index is -0.424. The van der Waals surface area contributed by atoms with Gasteiger partial charge in [-0.3, -0.25) is 0 Å². The van der Waals surface area contributed by atoms with Crippen molar-refractivity contribution in [3.63, 3.8) is 0 Å². The maximum Gasteiger partial charge on any atom is 0.128 e. The van der Waals surface area contributed by atoms with E-state index in [0.29, 0.717) is 6.61 Å². The second-order valence-corrected chi connectivity index (χ2v) is 3.86. The fourth-order valence-electron chi connectivity index (χ4n) is 1.73. The first kappa shape index (κ1) is 10.6. The summed E-state index contributed by atoms with van der Waals surface area (Å²) in [6.45, 7) is 2.07. The number of hydrogen-bond acceptors (Lipinski definition) is 2. The Kier molecular flexibility index (Phi) is 3.77. The summed E-state index contributed by atoms with van der Waals surface area (Å²) in [5, 5.41) is 9.10. The lowest BCUT2D eigenvalue weighted by Gasteiger charge is -2.32. The molecule has 0 amide bonds. The number of hydrogen-bond donors (Lipinski definition) is 1. The Labute approximate surface area is 80.3 Å². The molecule has 1 aliphatic carbocycles. The van der Waals surface area contributed by atoms with Crippen molar-refractivity contribution in [2.45, 2.75) is 50.7 Å². The molecular formula is C11H18O2. The molecule has 0 aromatic rings. The molecule has 13 heavy (non-hydrogen) atoms. The second-order valence-electron chi connectivity index (χ2n) is 3.86. The molecule has 0 heterocycles. The minimum absolute atomic E-state index is 0.351. The van der Waals surface area contributed by atoms with E-state index in [9.17, 15) is 0 Å². The minimum Gasteiger partial charge on any atom is -0.391 e. The highest BCUT2D eigenvalue weighted by molar-refractivity contribution is 5.09. The molecule has 2 heteroatoms. The van der Waals surface area contributed by atoms with Crippen LogP contribution in [-0.4, -0.2) is 23.4 Å². The van der Waals surface area contributed by atoms with Gasteiger partial charge in [0.2, 0.25) is 0 Å². The molecule has 1 fully saturated rings. The van der Waals surface area contributed by atoms with Gasteiger partial charge in [0, 0.05) is 0 Å². The van der Waals surface area contributed by atoms with E-state index in [4.69, 9.17) is 16.3 Å². The van der Waals surface area contributed by atoms with Crippen molar-refractivity contribution < 1.29 is 9.84 Å². The lowest BCUT2D eigenvalue weighted by Crippen LogP contribution is -2.35. The van der Waals surface area contributed by atoms with Gasteiger partial charge < -0.3 is 9.84 Å². The zero-order valence-corrected chi connectivity index (χ0v) is 8.25. The van der Waals surface area contributed by atoms with E-state index >= 15 is 0 Å². The van der Waals surface area contributed by atoms with Crippen LogP contribution < -0.4 is 0 Å². The van der Waals surface area contributed by atoms with Crippen molar-refractivity contribution >= 4 is 0 Å². The molecule has 1 N–H and O–H groups in total. The summed E-state index contributed by atoms with van der Waals surface area (Å²) in [6.07, 6.45) is 10.5. The Morgan fingerprint density at radius 3 is 2.54 bits per heavy atom. The maximum atomic E-state index is 9.10. The highest BCUT2D eigenvalue weighted by Gasteiger charge is 2.30. The molecule has 0 aliphatic heterocycles. The molecule has 0 aromatic heterocycles. The zero-order valence-electron chi connectivity index (χ0n) is 8.25. The van der Waals surface area contributed by atoms with Gasteiger partial charge in [-0.1, -0.05) is 12.3 Å². The van der Waals surface area contributed by atoms with Gasteiger partial charge in [0.1, 0.15) is 5.60 Å². The average Bonchev–Trinajstić information content (AvgIpc) is 2.16. The number of ether oxygens (including phenoxy) is 1. The third-order valence-corrected chi connectivity index (χ3v) is 2.53. The van der Waals surface area contributed by atoms with Crippen LogP contribution in [0.5, 0.6) is 0 Å². The predicted molar refractivity (Wildman–Crippen MR) is 52.3 cm³/mol. The Balaban J connectivity index is 2.44. The Hall–Kier alpha value is -0.520. The van der Waals surface area contributed by atoms with Crippen LogP contribution in [0.4, 0.5) is 0 Å². The number of terminal acetylenes is 1. The van der Waals surface area contributed by atoms with Crippen molar-refractivity contribution in [1.29, 1.82) is 0 Å².